The number of alkyl halides is 3. The number of aromatic nitrogens is 2. The van der Waals surface area contributed by atoms with E-state index in [4.69, 9.17) is 4.52 Å². The Hall–Kier alpha value is -3.36. The highest BCUT2D eigenvalue weighted by atomic mass is 19.4. The quantitative estimate of drug-likeness (QED) is 0.378. The van der Waals surface area contributed by atoms with Crippen molar-refractivity contribution < 1.29 is 27.6 Å². The maximum atomic E-state index is 13.4. The molecule has 3 heterocycles. The van der Waals surface area contributed by atoms with Gasteiger partial charge in [-0.1, -0.05) is 29.4 Å². The van der Waals surface area contributed by atoms with Crippen molar-refractivity contribution >= 4 is 11.8 Å². The predicted molar refractivity (Wildman–Crippen MR) is 135 cm³/mol. The van der Waals surface area contributed by atoms with Gasteiger partial charge in [-0.2, -0.15) is 13.2 Å². The van der Waals surface area contributed by atoms with Crippen LogP contribution in [-0.2, 0) is 12.6 Å². The first-order valence-electron chi connectivity index (χ1n) is 13.2. The van der Waals surface area contributed by atoms with Gasteiger partial charge in [-0.15, -0.1) is 0 Å². The molecule has 3 aliphatic rings. The summed E-state index contributed by atoms with van der Waals surface area (Å²) in [5.74, 6) is 0.667. The number of halogens is 3. The summed E-state index contributed by atoms with van der Waals surface area (Å²) in [6, 6.07) is 9.81. The first-order chi connectivity index (χ1) is 18.1. The molecular weight excluding hydrogens is 495 g/mol. The van der Waals surface area contributed by atoms with Crippen LogP contribution in [-0.4, -0.2) is 34.3 Å². The molecule has 2 aromatic heterocycles. The second kappa shape index (κ2) is 9.13. The second-order valence-electron chi connectivity index (χ2n) is 11.3. The van der Waals surface area contributed by atoms with E-state index < -0.39 is 23.4 Å². The summed E-state index contributed by atoms with van der Waals surface area (Å²) >= 11 is 0. The third-order valence-corrected chi connectivity index (χ3v) is 8.61. The van der Waals surface area contributed by atoms with Gasteiger partial charge in [-0.05, 0) is 80.9 Å². The summed E-state index contributed by atoms with van der Waals surface area (Å²) in [6.45, 7) is 3.22. The van der Waals surface area contributed by atoms with E-state index >= 15 is 0 Å². The molecule has 38 heavy (non-hydrogen) atoms. The average Bonchev–Trinajstić information content (AvgIpc) is 3.63. The second-order valence-corrected chi connectivity index (χ2v) is 11.3. The lowest BCUT2D eigenvalue weighted by atomic mass is 9.56. The Balaban J connectivity index is 1.14. The van der Waals surface area contributed by atoms with Crippen molar-refractivity contribution in [1.29, 1.82) is 0 Å². The van der Waals surface area contributed by atoms with E-state index in [1.807, 2.05) is 12.1 Å². The molecule has 1 aromatic carbocycles. The summed E-state index contributed by atoms with van der Waals surface area (Å²) < 4.78 is 45.9. The number of piperidine rings is 1. The van der Waals surface area contributed by atoms with Crippen LogP contribution >= 0.6 is 0 Å². The van der Waals surface area contributed by atoms with Crippen LogP contribution in [0.4, 0.5) is 19.0 Å². The fourth-order valence-corrected chi connectivity index (χ4v) is 6.40. The van der Waals surface area contributed by atoms with Gasteiger partial charge in [0, 0.05) is 30.1 Å². The smallest absolute Gasteiger partial charge is 0.416 e. The number of hydrogen-bond donors (Lipinski definition) is 1. The van der Waals surface area contributed by atoms with Crippen LogP contribution in [0.1, 0.15) is 77.4 Å². The molecule has 0 bridgehead atoms. The molecule has 3 fully saturated rings. The third-order valence-electron chi connectivity index (χ3n) is 8.61. The summed E-state index contributed by atoms with van der Waals surface area (Å²) in [7, 11) is 0. The van der Waals surface area contributed by atoms with Crippen molar-refractivity contribution in [3.05, 3.63) is 64.5 Å². The summed E-state index contributed by atoms with van der Waals surface area (Å²) in [5.41, 5.74) is 3.13. The van der Waals surface area contributed by atoms with E-state index in [1.165, 1.54) is 11.1 Å². The first-order valence-corrected chi connectivity index (χ1v) is 13.2. The molecule has 1 N–H and O–H groups in total. The molecule has 6 rings (SSSR count). The zero-order chi connectivity index (χ0) is 26.7. The maximum Gasteiger partial charge on any atom is 0.416 e. The molecular formula is C29H30F3N3O3. The van der Waals surface area contributed by atoms with Gasteiger partial charge in [0.15, 0.2) is 5.69 Å². The fourth-order valence-electron chi connectivity index (χ4n) is 6.40. The highest BCUT2D eigenvalue weighted by Gasteiger charge is 2.47. The fraction of sp³-hybridized carbons (Fsp3) is 0.483. The van der Waals surface area contributed by atoms with E-state index in [0.717, 1.165) is 68.0 Å². The number of nitrogens with zero attached hydrogens (tertiary/aromatic N) is 3. The van der Waals surface area contributed by atoms with Crippen molar-refractivity contribution in [1.82, 2.24) is 10.1 Å². The van der Waals surface area contributed by atoms with E-state index in [-0.39, 0.29) is 11.2 Å². The molecule has 0 unspecified atom stereocenters. The van der Waals surface area contributed by atoms with E-state index in [2.05, 4.69) is 29.2 Å². The first kappa shape index (κ1) is 24.9. The number of rotatable bonds is 6. The topological polar surface area (TPSA) is 79.5 Å². The van der Waals surface area contributed by atoms with E-state index in [0.29, 0.717) is 31.0 Å². The number of carbonyl (C=O) groups is 1. The van der Waals surface area contributed by atoms with Crippen molar-refractivity contribution in [2.45, 2.75) is 64.0 Å². The molecule has 9 heteroatoms. The number of pyridine rings is 1. The standard InChI is InChI=1S/C29H30F3N3O3/c1-17-4-2-3-5-21(17)25-22(26(38-34-25)19-6-7-19)12-18-15-28(16-18)8-10-35(11-9-28)24-14-20(29(30,31)32)13-23(33-24)27(36)37/h2-5,13-14,18-19H,6-12,15-16H2,1H3,(H,36,37). The number of carboxylic acids is 1. The lowest BCUT2D eigenvalue weighted by Gasteiger charge is -2.52. The normalized spacial score (nSPS) is 19.5. The van der Waals surface area contributed by atoms with Crippen LogP contribution in [0.3, 0.4) is 0 Å². The Morgan fingerprint density at radius 1 is 1.16 bits per heavy atom. The van der Waals surface area contributed by atoms with E-state index in [1.54, 1.807) is 4.90 Å². The van der Waals surface area contributed by atoms with Crippen LogP contribution < -0.4 is 4.90 Å². The van der Waals surface area contributed by atoms with Crippen molar-refractivity contribution in [3.63, 3.8) is 0 Å². The zero-order valence-corrected chi connectivity index (χ0v) is 21.2. The molecule has 200 valence electrons. The van der Waals surface area contributed by atoms with Gasteiger partial charge in [0.25, 0.3) is 0 Å². The van der Waals surface area contributed by atoms with Crippen LogP contribution in [0.15, 0.2) is 40.9 Å². The average molecular weight is 526 g/mol. The minimum atomic E-state index is -4.63. The predicted octanol–water partition coefficient (Wildman–Crippen LogP) is 6.88. The Bertz CT molecular complexity index is 1360. The van der Waals surface area contributed by atoms with Crippen LogP contribution in [0, 0.1) is 18.3 Å². The summed E-state index contributed by atoms with van der Waals surface area (Å²) in [5, 5.41) is 13.8. The monoisotopic (exact) mass is 525 g/mol. The lowest BCUT2D eigenvalue weighted by molar-refractivity contribution is -0.137. The lowest BCUT2D eigenvalue weighted by Crippen LogP contribution is -2.48. The van der Waals surface area contributed by atoms with Gasteiger partial charge in [0.2, 0.25) is 0 Å². The van der Waals surface area contributed by atoms with Gasteiger partial charge in [-0.3, -0.25) is 0 Å². The van der Waals surface area contributed by atoms with Gasteiger partial charge in [0.1, 0.15) is 17.3 Å². The highest BCUT2D eigenvalue weighted by molar-refractivity contribution is 5.86. The van der Waals surface area contributed by atoms with Gasteiger partial charge in [-0.25, -0.2) is 9.78 Å². The number of aromatic carboxylic acids is 1. The molecule has 3 aromatic rings. The number of benzene rings is 1. The third kappa shape index (κ3) is 4.67. The highest BCUT2D eigenvalue weighted by Crippen LogP contribution is 2.55. The largest absolute Gasteiger partial charge is 0.477 e. The van der Waals surface area contributed by atoms with Gasteiger partial charge < -0.3 is 14.5 Å². The van der Waals surface area contributed by atoms with Crippen molar-refractivity contribution in [3.8, 4) is 11.3 Å². The molecule has 0 amide bonds. The Labute approximate surface area is 218 Å². The number of aryl methyl sites for hydroxylation is 1. The molecule has 2 saturated carbocycles. The van der Waals surface area contributed by atoms with E-state index in [9.17, 15) is 23.1 Å². The molecule has 1 saturated heterocycles. The van der Waals surface area contributed by atoms with Gasteiger partial charge in [0.05, 0.1) is 5.56 Å². The van der Waals surface area contributed by atoms with Crippen molar-refractivity contribution in [2.75, 3.05) is 18.0 Å². The molecule has 2 aliphatic carbocycles. The van der Waals surface area contributed by atoms with Gasteiger partial charge >= 0.3 is 12.1 Å². The maximum absolute atomic E-state index is 13.4. The Morgan fingerprint density at radius 2 is 1.87 bits per heavy atom. The Kier molecular flexibility index (Phi) is 6.00. The SMILES string of the molecule is Cc1ccccc1-c1noc(C2CC2)c1CC1CC2(CCN(c3cc(C(F)(F)F)cc(C(=O)O)n3)CC2)C1. The number of hydrogen-bond acceptors (Lipinski definition) is 5. The summed E-state index contributed by atoms with van der Waals surface area (Å²) in [4.78, 5) is 17.2. The number of carboxylic acid groups (broad SMARTS) is 1. The molecule has 1 aliphatic heterocycles. The zero-order valence-electron chi connectivity index (χ0n) is 21.2. The minimum Gasteiger partial charge on any atom is -0.477 e. The molecule has 0 atom stereocenters. The number of anilines is 1. The minimum absolute atomic E-state index is 0.0874. The van der Waals surface area contributed by atoms with Crippen LogP contribution in [0.25, 0.3) is 11.3 Å². The molecule has 6 nitrogen and oxygen atoms in total. The van der Waals surface area contributed by atoms with Crippen LogP contribution in [0.2, 0.25) is 0 Å². The van der Waals surface area contributed by atoms with Crippen LogP contribution in [0.5, 0.6) is 0 Å². The Morgan fingerprint density at radius 3 is 2.50 bits per heavy atom. The van der Waals surface area contributed by atoms with Crippen molar-refractivity contribution in [2.24, 2.45) is 11.3 Å². The molecule has 1 spiro atoms. The molecule has 0 radical (unpaired) electrons. The summed E-state index contributed by atoms with van der Waals surface area (Å²) in [6.07, 6.45) is 2.45.